The first kappa shape index (κ1) is 14.3. The highest BCUT2D eigenvalue weighted by Gasteiger charge is 2.34. The lowest BCUT2D eigenvalue weighted by Crippen LogP contribution is -2.50. The second-order valence-corrected chi connectivity index (χ2v) is 4.56. The molecular weight excluding hydrogens is 264 g/mol. The standard InChI is InChI=1S/C13H16N2O5/c1-9-3-4-10(15(17)18)11(7-9)14-5-6-20-8-12(14)13(16)19-2/h3-4,7,12H,5-6,8H2,1-2H3. The molecule has 7 heteroatoms. The second-order valence-electron chi connectivity index (χ2n) is 4.56. The van der Waals surface area contributed by atoms with Crippen molar-refractivity contribution in [3.8, 4) is 0 Å². The summed E-state index contributed by atoms with van der Waals surface area (Å²) in [5.41, 5.74) is 1.29. The van der Waals surface area contributed by atoms with E-state index in [-0.39, 0.29) is 12.3 Å². The van der Waals surface area contributed by atoms with Gasteiger partial charge >= 0.3 is 5.97 Å². The van der Waals surface area contributed by atoms with Crippen LogP contribution in [-0.2, 0) is 14.3 Å². The van der Waals surface area contributed by atoms with E-state index in [4.69, 9.17) is 9.47 Å². The van der Waals surface area contributed by atoms with Gasteiger partial charge in [0.2, 0.25) is 0 Å². The lowest BCUT2D eigenvalue weighted by Gasteiger charge is -2.35. The highest BCUT2D eigenvalue weighted by atomic mass is 16.6. The molecule has 20 heavy (non-hydrogen) atoms. The fourth-order valence-electron chi connectivity index (χ4n) is 2.24. The lowest BCUT2D eigenvalue weighted by molar-refractivity contribution is -0.384. The number of anilines is 1. The van der Waals surface area contributed by atoms with Crippen LogP contribution in [-0.4, -0.2) is 43.8 Å². The van der Waals surface area contributed by atoms with Crippen molar-refractivity contribution >= 4 is 17.3 Å². The van der Waals surface area contributed by atoms with Gasteiger partial charge in [0.25, 0.3) is 5.69 Å². The number of nitro groups is 1. The zero-order valence-corrected chi connectivity index (χ0v) is 11.4. The molecule has 0 aromatic heterocycles. The van der Waals surface area contributed by atoms with Crippen LogP contribution in [0.25, 0.3) is 0 Å². The third-order valence-electron chi connectivity index (χ3n) is 3.24. The SMILES string of the molecule is COC(=O)C1COCCN1c1cc(C)ccc1[N+](=O)[O-]. The molecule has 0 amide bonds. The van der Waals surface area contributed by atoms with Crippen molar-refractivity contribution in [2.75, 3.05) is 31.8 Å². The van der Waals surface area contributed by atoms with Gasteiger partial charge in [-0.3, -0.25) is 10.1 Å². The summed E-state index contributed by atoms with van der Waals surface area (Å²) in [6.45, 7) is 2.83. The van der Waals surface area contributed by atoms with Crippen molar-refractivity contribution < 1.29 is 19.2 Å². The topological polar surface area (TPSA) is 81.9 Å². The predicted molar refractivity (Wildman–Crippen MR) is 71.8 cm³/mol. The normalized spacial score (nSPS) is 18.7. The number of methoxy groups -OCH3 is 1. The number of hydrogen-bond acceptors (Lipinski definition) is 6. The molecule has 0 spiro atoms. The molecule has 0 N–H and O–H groups in total. The van der Waals surface area contributed by atoms with Gasteiger partial charge in [0.05, 0.1) is 25.2 Å². The highest BCUT2D eigenvalue weighted by molar-refractivity contribution is 5.82. The summed E-state index contributed by atoms with van der Waals surface area (Å²) in [7, 11) is 1.29. The monoisotopic (exact) mass is 280 g/mol. The fraction of sp³-hybridized carbons (Fsp3) is 0.462. The minimum absolute atomic E-state index is 0.0218. The summed E-state index contributed by atoms with van der Waals surface area (Å²) in [5.74, 6) is -0.458. The highest BCUT2D eigenvalue weighted by Crippen LogP contribution is 2.31. The van der Waals surface area contributed by atoms with Crippen LogP contribution in [0.4, 0.5) is 11.4 Å². The molecule has 1 aliphatic heterocycles. The van der Waals surface area contributed by atoms with Crippen LogP contribution in [0, 0.1) is 17.0 Å². The van der Waals surface area contributed by atoms with Crippen molar-refractivity contribution in [1.29, 1.82) is 0 Å². The molecule has 1 saturated heterocycles. The third-order valence-corrected chi connectivity index (χ3v) is 3.24. The lowest BCUT2D eigenvalue weighted by atomic mass is 10.1. The Bertz CT molecular complexity index is 531. The Labute approximate surface area is 116 Å². The Hall–Kier alpha value is -2.15. The number of benzene rings is 1. The van der Waals surface area contributed by atoms with Crippen LogP contribution in [0.5, 0.6) is 0 Å². The summed E-state index contributed by atoms with van der Waals surface area (Å²) in [6, 6.07) is 4.18. The quantitative estimate of drug-likeness (QED) is 0.471. The maximum atomic E-state index is 11.8. The number of morpholine rings is 1. The molecule has 0 bridgehead atoms. The van der Waals surface area contributed by atoms with Crippen molar-refractivity contribution in [3.63, 3.8) is 0 Å². The van der Waals surface area contributed by atoms with Gasteiger partial charge in [0.15, 0.2) is 6.04 Å². The number of nitro benzene ring substituents is 1. The van der Waals surface area contributed by atoms with Crippen LogP contribution in [0.1, 0.15) is 5.56 Å². The summed E-state index contributed by atoms with van der Waals surface area (Å²) in [5, 5.41) is 11.2. The molecule has 1 unspecified atom stereocenters. The van der Waals surface area contributed by atoms with Gasteiger partial charge in [-0.25, -0.2) is 4.79 Å². The zero-order valence-electron chi connectivity index (χ0n) is 11.4. The zero-order chi connectivity index (χ0) is 14.7. The van der Waals surface area contributed by atoms with E-state index >= 15 is 0 Å². The molecule has 2 rings (SSSR count). The van der Waals surface area contributed by atoms with E-state index < -0.39 is 16.9 Å². The number of ether oxygens (including phenoxy) is 2. The van der Waals surface area contributed by atoms with Gasteiger partial charge in [-0.1, -0.05) is 6.07 Å². The fourth-order valence-corrected chi connectivity index (χ4v) is 2.24. The first-order chi connectivity index (χ1) is 9.54. The average Bonchev–Trinajstić information content (AvgIpc) is 2.46. The number of hydrogen-bond donors (Lipinski definition) is 0. The average molecular weight is 280 g/mol. The summed E-state index contributed by atoms with van der Waals surface area (Å²) < 4.78 is 10.0. The smallest absolute Gasteiger partial charge is 0.330 e. The van der Waals surface area contributed by atoms with Crippen LogP contribution >= 0.6 is 0 Å². The van der Waals surface area contributed by atoms with Crippen LogP contribution in [0.2, 0.25) is 0 Å². The number of rotatable bonds is 3. The summed E-state index contributed by atoms with van der Waals surface area (Å²) in [6.07, 6.45) is 0. The molecule has 7 nitrogen and oxygen atoms in total. The molecule has 0 radical (unpaired) electrons. The number of aryl methyl sites for hydroxylation is 1. The van der Waals surface area contributed by atoms with Gasteiger partial charge < -0.3 is 14.4 Å². The van der Waals surface area contributed by atoms with Crippen molar-refractivity contribution in [1.82, 2.24) is 0 Å². The summed E-state index contributed by atoms with van der Waals surface area (Å²) >= 11 is 0. The Morgan fingerprint density at radius 1 is 1.55 bits per heavy atom. The van der Waals surface area contributed by atoms with Crippen LogP contribution in [0.15, 0.2) is 18.2 Å². The van der Waals surface area contributed by atoms with Crippen LogP contribution in [0.3, 0.4) is 0 Å². The van der Waals surface area contributed by atoms with E-state index in [1.807, 2.05) is 6.92 Å². The van der Waals surface area contributed by atoms with Gasteiger partial charge in [-0.2, -0.15) is 0 Å². The van der Waals surface area contributed by atoms with E-state index in [1.54, 1.807) is 17.0 Å². The molecule has 1 aromatic carbocycles. The van der Waals surface area contributed by atoms with E-state index in [0.29, 0.717) is 18.8 Å². The second kappa shape index (κ2) is 5.87. The first-order valence-electron chi connectivity index (χ1n) is 6.22. The molecule has 1 heterocycles. The van der Waals surface area contributed by atoms with Gasteiger partial charge in [-0.05, 0) is 18.6 Å². The van der Waals surface area contributed by atoms with Gasteiger partial charge in [0.1, 0.15) is 5.69 Å². The molecule has 1 aliphatic rings. The third kappa shape index (κ3) is 2.72. The Morgan fingerprint density at radius 2 is 2.30 bits per heavy atom. The Kier molecular flexibility index (Phi) is 4.19. The Morgan fingerprint density at radius 3 is 2.95 bits per heavy atom. The molecule has 0 saturated carbocycles. The van der Waals surface area contributed by atoms with E-state index in [9.17, 15) is 14.9 Å². The predicted octanol–water partition coefficient (Wildman–Crippen LogP) is 1.28. The van der Waals surface area contributed by atoms with Crippen LogP contribution < -0.4 is 4.90 Å². The number of nitrogens with zero attached hydrogens (tertiary/aromatic N) is 2. The van der Waals surface area contributed by atoms with Gasteiger partial charge in [0, 0.05) is 12.6 Å². The molecule has 108 valence electrons. The van der Waals surface area contributed by atoms with E-state index in [2.05, 4.69) is 0 Å². The Balaban J connectivity index is 2.44. The molecular formula is C13H16N2O5. The van der Waals surface area contributed by atoms with E-state index in [1.165, 1.54) is 13.2 Å². The number of carbonyl (C=O) groups excluding carboxylic acids is 1. The molecule has 0 aliphatic carbocycles. The minimum atomic E-state index is -0.658. The van der Waals surface area contributed by atoms with Crippen molar-refractivity contribution in [2.45, 2.75) is 13.0 Å². The minimum Gasteiger partial charge on any atom is -0.467 e. The molecule has 1 atom stereocenters. The maximum Gasteiger partial charge on any atom is 0.330 e. The van der Waals surface area contributed by atoms with Crippen molar-refractivity contribution in [2.24, 2.45) is 0 Å². The molecule has 1 fully saturated rings. The largest absolute Gasteiger partial charge is 0.467 e. The summed E-state index contributed by atoms with van der Waals surface area (Å²) in [4.78, 5) is 24.2. The first-order valence-corrected chi connectivity index (χ1v) is 6.22. The number of carbonyl (C=O) groups is 1. The molecule has 1 aromatic rings. The maximum absolute atomic E-state index is 11.8. The van der Waals surface area contributed by atoms with Crippen molar-refractivity contribution in [3.05, 3.63) is 33.9 Å². The van der Waals surface area contributed by atoms with E-state index in [0.717, 1.165) is 5.56 Å². The number of esters is 1. The van der Waals surface area contributed by atoms with Gasteiger partial charge in [-0.15, -0.1) is 0 Å².